The zero-order chi connectivity index (χ0) is 18.0. The van der Waals surface area contributed by atoms with Crippen LogP contribution in [0.25, 0.3) is 10.9 Å². The van der Waals surface area contributed by atoms with Crippen LogP contribution in [0.5, 0.6) is 5.75 Å². The van der Waals surface area contributed by atoms with Crippen molar-refractivity contribution in [3.63, 3.8) is 0 Å². The molecular weight excluding hydrogens is 336 g/mol. The van der Waals surface area contributed by atoms with Crippen LogP contribution in [0.2, 0.25) is 0 Å². The van der Waals surface area contributed by atoms with Gasteiger partial charge < -0.3 is 4.74 Å². The number of hydrogen-bond acceptors (Lipinski definition) is 4. The normalized spacial score (nSPS) is 11.5. The van der Waals surface area contributed by atoms with Gasteiger partial charge in [0.1, 0.15) is 5.75 Å². The van der Waals surface area contributed by atoms with E-state index in [1.165, 1.54) is 6.20 Å². The van der Waals surface area contributed by atoms with E-state index in [0.29, 0.717) is 23.6 Å². The van der Waals surface area contributed by atoms with Crippen molar-refractivity contribution in [2.24, 2.45) is 0 Å². The topological polar surface area (TPSA) is 68.3 Å². The maximum absolute atomic E-state index is 12.8. The van der Waals surface area contributed by atoms with Gasteiger partial charge in [-0.1, -0.05) is 18.2 Å². The van der Waals surface area contributed by atoms with E-state index in [1.54, 1.807) is 25.1 Å². The largest absolute Gasteiger partial charge is 0.494 e. The highest BCUT2D eigenvalue weighted by Gasteiger charge is 2.19. The van der Waals surface area contributed by atoms with Crippen LogP contribution in [0.1, 0.15) is 18.1 Å². The third-order valence-electron chi connectivity index (χ3n) is 3.90. The Bertz CT molecular complexity index is 1030. The number of aromatic nitrogens is 1. The molecule has 0 bridgehead atoms. The van der Waals surface area contributed by atoms with Gasteiger partial charge in [0.15, 0.2) is 0 Å². The lowest BCUT2D eigenvalue weighted by Crippen LogP contribution is -2.15. The highest BCUT2D eigenvalue weighted by atomic mass is 32.2. The number of anilines is 1. The van der Waals surface area contributed by atoms with Gasteiger partial charge in [-0.2, -0.15) is 0 Å². The van der Waals surface area contributed by atoms with Crippen LogP contribution in [-0.2, 0) is 10.0 Å². The molecule has 0 saturated heterocycles. The molecule has 0 spiro atoms. The molecule has 0 aliphatic carbocycles. The van der Waals surface area contributed by atoms with E-state index in [4.69, 9.17) is 4.74 Å². The third kappa shape index (κ3) is 3.58. The molecule has 3 aromatic rings. The molecular formula is C19H20N2O3S. The Morgan fingerprint density at radius 3 is 2.60 bits per heavy atom. The van der Waals surface area contributed by atoms with Gasteiger partial charge in [-0.15, -0.1) is 0 Å². The van der Waals surface area contributed by atoms with Gasteiger partial charge in [-0.25, -0.2) is 8.42 Å². The maximum atomic E-state index is 12.8. The van der Waals surface area contributed by atoms with Crippen LogP contribution < -0.4 is 9.46 Å². The molecule has 0 unspecified atom stereocenters. The molecule has 0 aliphatic heterocycles. The minimum atomic E-state index is -3.71. The Hall–Kier alpha value is -2.60. The summed E-state index contributed by atoms with van der Waals surface area (Å²) >= 11 is 0. The molecule has 130 valence electrons. The number of nitrogens with zero attached hydrogens (tertiary/aromatic N) is 1. The average Bonchev–Trinajstić information content (AvgIpc) is 2.57. The molecule has 25 heavy (non-hydrogen) atoms. The molecule has 0 atom stereocenters. The van der Waals surface area contributed by atoms with Gasteiger partial charge in [-0.05, 0) is 56.2 Å². The quantitative estimate of drug-likeness (QED) is 0.749. The number of sulfonamides is 1. The fourth-order valence-corrected chi connectivity index (χ4v) is 4.05. The van der Waals surface area contributed by atoms with E-state index in [1.807, 2.05) is 38.1 Å². The highest BCUT2D eigenvalue weighted by Crippen LogP contribution is 2.27. The zero-order valence-corrected chi connectivity index (χ0v) is 15.2. The van der Waals surface area contributed by atoms with Gasteiger partial charge in [0.05, 0.1) is 28.9 Å². The van der Waals surface area contributed by atoms with Crippen molar-refractivity contribution in [3.8, 4) is 5.75 Å². The number of fused-ring (bicyclic) bond motifs is 1. The molecule has 0 saturated carbocycles. The van der Waals surface area contributed by atoms with E-state index < -0.39 is 10.0 Å². The van der Waals surface area contributed by atoms with E-state index >= 15 is 0 Å². The molecule has 3 rings (SSSR count). The molecule has 0 radical (unpaired) electrons. The molecule has 6 heteroatoms. The highest BCUT2D eigenvalue weighted by molar-refractivity contribution is 7.92. The predicted octanol–water partition coefficient (Wildman–Crippen LogP) is 4.05. The van der Waals surface area contributed by atoms with Crippen molar-refractivity contribution in [1.29, 1.82) is 0 Å². The monoisotopic (exact) mass is 356 g/mol. The number of nitrogens with one attached hydrogen (secondary N) is 1. The van der Waals surface area contributed by atoms with Crippen LogP contribution in [0.3, 0.4) is 0 Å². The standard InChI is InChI=1S/C19H20N2O3S/c1-4-24-18-9-14(3)19(10-13(18)2)25(22,23)21-16-11-15-7-5-6-8-17(15)20-12-16/h5-12,21H,4H2,1-3H3. The van der Waals surface area contributed by atoms with Gasteiger partial charge in [0, 0.05) is 5.39 Å². The molecule has 1 aromatic heterocycles. The lowest BCUT2D eigenvalue weighted by molar-refractivity contribution is 0.337. The first-order chi connectivity index (χ1) is 11.9. The summed E-state index contributed by atoms with van der Waals surface area (Å²) in [7, 11) is -3.71. The number of hydrogen-bond donors (Lipinski definition) is 1. The van der Waals surface area contributed by atoms with Crippen molar-refractivity contribution in [2.75, 3.05) is 11.3 Å². The molecule has 1 heterocycles. The van der Waals surface area contributed by atoms with Gasteiger partial charge in [0.25, 0.3) is 10.0 Å². The summed E-state index contributed by atoms with van der Waals surface area (Å²) in [4.78, 5) is 4.53. The van der Waals surface area contributed by atoms with Crippen LogP contribution in [0, 0.1) is 13.8 Å². The summed E-state index contributed by atoms with van der Waals surface area (Å²) in [5, 5.41) is 0.877. The summed E-state index contributed by atoms with van der Waals surface area (Å²) in [5.41, 5.74) is 2.67. The second-order valence-electron chi connectivity index (χ2n) is 5.84. The van der Waals surface area contributed by atoms with Crippen molar-refractivity contribution >= 4 is 26.6 Å². The Morgan fingerprint density at radius 1 is 1.08 bits per heavy atom. The second kappa shape index (κ2) is 6.72. The maximum Gasteiger partial charge on any atom is 0.262 e. The summed E-state index contributed by atoms with van der Waals surface area (Å²) in [6, 6.07) is 12.7. The van der Waals surface area contributed by atoms with Crippen molar-refractivity contribution in [2.45, 2.75) is 25.7 Å². The lowest BCUT2D eigenvalue weighted by atomic mass is 10.1. The summed E-state index contributed by atoms with van der Waals surface area (Å²) < 4.78 is 33.7. The first-order valence-electron chi connectivity index (χ1n) is 8.02. The van der Waals surface area contributed by atoms with Gasteiger partial charge in [-0.3, -0.25) is 9.71 Å². The minimum Gasteiger partial charge on any atom is -0.494 e. The first kappa shape index (κ1) is 17.2. The zero-order valence-electron chi connectivity index (χ0n) is 14.4. The number of pyridine rings is 1. The van der Waals surface area contributed by atoms with Crippen molar-refractivity contribution in [1.82, 2.24) is 4.98 Å². The van der Waals surface area contributed by atoms with Gasteiger partial charge >= 0.3 is 0 Å². The minimum absolute atomic E-state index is 0.238. The average molecular weight is 356 g/mol. The molecule has 0 aliphatic rings. The van der Waals surface area contributed by atoms with Crippen LogP contribution >= 0.6 is 0 Å². The number of para-hydroxylation sites is 1. The Kier molecular flexibility index (Phi) is 4.63. The van der Waals surface area contributed by atoms with Gasteiger partial charge in [0.2, 0.25) is 0 Å². The molecule has 0 fully saturated rings. The number of rotatable bonds is 5. The fraction of sp³-hybridized carbons (Fsp3) is 0.211. The summed E-state index contributed by atoms with van der Waals surface area (Å²) in [6.07, 6.45) is 1.52. The van der Waals surface area contributed by atoms with E-state index in [9.17, 15) is 8.42 Å². The molecule has 5 nitrogen and oxygen atoms in total. The molecule has 0 amide bonds. The molecule has 2 aromatic carbocycles. The van der Waals surface area contributed by atoms with Crippen LogP contribution in [0.15, 0.2) is 53.6 Å². The van der Waals surface area contributed by atoms with Crippen LogP contribution in [-0.4, -0.2) is 20.0 Å². The predicted molar refractivity (Wildman–Crippen MR) is 99.6 cm³/mol. The van der Waals surface area contributed by atoms with Crippen LogP contribution in [0.4, 0.5) is 5.69 Å². The van der Waals surface area contributed by atoms with E-state index in [-0.39, 0.29) is 4.90 Å². The summed E-state index contributed by atoms with van der Waals surface area (Å²) in [6.45, 7) is 6.03. The Morgan fingerprint density at radius 2 is 1.84 bits per heavy atom. The summed E-state index contributed by atoms with van der Waals surface area (Å²) in [5.74, 6) is 0.700. The third-order valence-corrected chi connectivity index (χ3v) is 5.43. The SMILES string of the molecule is CCOc1cc(C)c(S(=O)(=O)Nc2cnc3ccccc3c2)cc1C. The van der Waals surface area contributed by atoms with E-state index in [2.05, 4.69) is 9.71 Å². The van der Waals surface area contributed by atoms with E-state index in [0.717, 1.165) is 16.5 Å². The smallest absolute Gasteiger partial charge is 0.262 e. The Balaban J connectivity index is 1.97. The number of benzene rings is 2. The second-order valence-corrected chi connectivity index (χ2v) is 7.49. The Labute approximate surface area is 147 Å². The number of ether oxygens (including phenoxy) is 1. The first-order valence-corrected chi connectivity index (χ1v) is 9.50. The van der Waals surface area contributed by atoms with Crippen molar-refractivity contribution in [3.05, 3.63) is 59.8 Å². The fourth-order valence-electron chi connectivity index (χ4n) is 2.70. The van der Waals surface area contributed by atoms with Crippen molar-refractivity contribution < 1.29 is 13.2 Å². The molecule has 1 N–H and O–H groups in total. The lowest BCUT2D eigenvalue weighted by Gasteiger charge is -2.14. The number of aryl methyl sites for hydroxylation is 2.